The molecule has 0 radical (unpaired) electrons. The second-order valence-electron chi connectivity index (χ2n) is 6.62. The highest BCUT2D eigenvalue weighted by atomic mass is 35.5. The van der Waals surface area contributed by atoms with Crippen LogP contribution in [-0.2, 0) is 4.79 Å². The lowest BCUT2D eigenvalue weighted by Crippen LogP contribution is -2.30. The molecule has 2 aromatic heterocycles. The molecule has 9 heteroatoms. The Morgan fingerprint density at radius 1 is 1.21 bits per heavy atom. The highest BCUT2D eigenvalue weighted by molar-refractivity contribution is 5.85. The van der Waals surface area contributed by atoms with Gasteiger partial charge in [-0.15, -0.1) is 12.4 Å². The van der Waals surface area contributed by atoms with Crippen molar-refractivity contribution >= 4 is 29.8 Å². The predicted molar refractivity (Wildman–Crippen MR) is 102 cm³/mol. The number of aliphatic hydroxyl groups is 1. The van der Waals surface area contributed by atoms with Crippen molar-refractivity contribution in [3.8, 4) is 11.3 Å². The normalized spacial score (nSPS) is 14.6. The van der Waals surface area contributed by atoms with Crippen molar-refractivity contribution in [2.45, 2.75) is 31.6 Å². The highest BCUT2D eigenvalue weighted by Crippen LogP contribution is 2.41. The predicted octanol–water partition coefficient (Wildman–Crippen LogP) is 2.44. The minimum absolute atomic E-state index is 0. The lowest BCUT2D eigenvalue weighted by Gasteiger charge is -2.08. The second-order valence-corrected chi connectivity index (χ2v) is 6.62. The molecule has 0 spiro atoms. The number of carboxylic acid groups (broad SMARTS) is 1. The second kappa shape index (κ2) is 7.55. The van der Waals surface area contributed by atoms with Crippen LogP contribution in [-0.4, -0.2) is 30.8 Å². The molecule has 0 amide bonds. The topological polar surface area (TPSA) is 105 Å². The van der Waals surface area contributed by atoms with Gasteiger partial charge >= 0.3 is 5.97 Å². The lowest BCUT2D eigenvalue weighted by molar-refractivity contribution is -0.136. The van der Waals surface area contributed by atoms with Crippen LogP contribution in [0.4, 0.5) is 4.39 Å². The Morgan fingerprint density at radius 2 is 1.96 bits per heavy atom. The van der Waals surface area contributed by atoms with Gasteiger partial charge in [0, 0.05) is 18.1 Å². The Balaban J connectivity index is 0.00000225. The van der Waals surface area contributed by atoms with E-state index in [0.29, 0.717) is 5.92 Å². The van der Waals surface area contributed by atoms with Crippen molar-refractivity contribution in [1.29, 1.82) is 0 Å². The van der Waals surface area contributed by atoms with Gasteiger partial charge in [-0.1, -0.05) is 6.07 Å². The van der Waals surface area contributed by atoms with Gasteiger partial charge in [0.25, 0.3) is 0 Å². The standard InChI is InChI=1S/C19H16FN3O4.ClH/c20-13-7-11(10-1-2-10)3-4-12(13)14-8-16(25)18(15(24)5-6-17(26)27)19-21-9-22-23(14)19;/h3-4,7-10,24H,1-2,5-6H2,(H,26,27);1H. The van der Waals surface area contributed by atoms with Gasteiger partial charge in [-0.3, -0.25) is 9.59 Å². The summed E-state index contributed by atoms with van der Waals surface area (Å²) in [5, 5.41) is 22.9. The number of hydrogen-bond donors (Lipinski definition) is 2. The van der Waals surface area contributed by atoms with E-state index in [-0.39, 0.29) is 53.1 Å². The average molecular weight is 406 g/mol. The first kappa shape index (κ1) is 19.8. The van der Waals surface area contributed by atoms with E-state index in [9.17, 15) is 19.1 Å². The number of rotatable bonds is 5. The number of benzene rings is 1. The van der Waals surface area contributed by atoms with Crippen LogP contribution < -0.4 is 10.6 Å². The number of carbonyl (C=O) groups is 1. The average Bonchev–Trinajstić information content (AvgIpc) is 3.37. The summed E-state index contributed by atoms with van der Waals surface area (Å²) in [6.07, 6.45) is 2.76. The third-order valence-corrected chi connectivity index (χ3v) is 4.70. The van der Waals surface area contributed by atoms with Gasteiger partial charge in [-0.2, -0.15) is 5.10 Å². The first-order valence-electron chi connectivity index (χ1n) is 8.56. The molecule has 28 heavy (non-hydrogen) atoms. The Kier molecular flexibility index (Phi) is 5.33. The number of aromatic nitrogens is 3. The number of fused-ring (bicyclic) bond motifs is 1. The number of halogens is 2. The smallest absolute Gasteiger partial charge is 0.303 e. The molecule has 0 saturated heterocycles. The van der Waals surface area contributed by atoms with E-state index in [0.717, 1.165) is 18.4 Å². The van der Waals surface area contributed by atoms with E-state index >= 15 is 0 Å². The summed E-state index contributed by atoms with van der Waals surface area (Å²) in [7, 11) is 0. The molecule has 4 rings (SSSR count). The van der Waals surface area contributed by atoms with Crippen LogP contribution in [0.5, 0.6) is 0 Å². The highest BCUT2D eigenvalue weighted by Gasteiger charge is 2.25. The maximum Gasteiger partial charge on any atom is 0.303 e. The molecule has 3 aromatic rings. The molecule has 7 nitrogen and oxygen atoms in total. The fourth-order valence-electron chi connectivity index (χ4n) is 3.18. The maximum absolute atomic E-state index is 14.7. The number of pyridine rings is 1. The van der Waals surface area contributed by atoms with E-state index < -0.39 is 17.2 Å². The molecule has 0 bridgehead atoms. The Bertz CT molecular complexity index is 1170. The van der Waals surface area contributed by atoms with Crippen LogP contribution in [0.3, 0.4) is 0 Å². The van der Waals surface area contributed by atoms with Gasteiger partial charge in [0.2, 0.25) is 0 Å². The fraction of sp³-hybridized carbons (Fsp3) is 0.263. The zero-order valence-corrected chi connectivity index (χ0v) is 15.4. The van der Waals surface area contributed by atoms with E-state index in [1.165, 1.54) is 23.0 Å². The Hall–Kier alpha value is -3.00. The molecule has 0 atom stereocenters. The van der Waals surface area contributed by atoms with Gasteiger partial charge in [0.1, 0.15) is 23.1 Å². The van der Waals surface area contributed by atoms with Crippen molar-refractivity contribution in [2.24, 2.45) is 0 Å². The molecule has 146 valence electrons. The number of nitrogens with zero attached hydrogens (tertiary/aromatic N) is 3. The van der Waals surface area contributed by atoms with E-state index in [2.05, 4.69) is 10.1 Å². The molecule has 0 unspecified atom stereocenters. The van der Waals surface area contributed by atoms with Gasteiger partial charge in [0.15, 0.2) is 11.1 Å². The minimum atomic E-state index is -1.10. The monoisotopic (exact) mass is 405 g/mol. The first-order valence-corrected chi connectivity index (χ1v) is 8.56. The molecule has 1 saturated carbocycles. The van der Waals surface area contributed by atoms with Crippen molar-refractivity contribution in [3.63, 3.8) is 0 Å². The molecular weight excluding hydrogens is 389 g/mol. The van der Waals surface area contributed by atoms with Crippen LogP contribution in [0.2, 0.25) is 0 Å². The fourth-order valence-corrected chi connectivity index (χ4v) is 3.18. The first-order chi connectivity index (χ1) is 13.0. The summed E-state index contributed by atoms with van der Waals surface area (Å²) in [6.45, 7) is 0. The summed E-state index contributed by atoms with van der Waals surface area (Å²) in [5.74, 6) is -1.53. The zero-order valence-electron chi connectivity index (χ0n) is 14.6. The van der Waals surface area contributed by atoms with Crippen molar-refractivity contribution in [3.05, 3.63) is 57.4 Å². The molecule has 1 aliphatic rings. The van der Waals surface area contributed by atoms with Crippen LogP contribution >= 0.6 is 12.4 Å². The van der Waals surface area contributed by atoms with Crippen LogP contribution in [0, 0.1) is 5.82 Å². The molecule has 2 N–H and O–H groups in total. The molecule has 2 heterocycles. The Labute approximate surface area is 164 Å². The number of aliphatic carboxylic acids is 1. The molecule has 0 aliphatic heterocycles. The molecule has 1 aliphatic carbocycles. The lowest BCUT2D eigenvalue weighted by atomic mass is 10.0. The summed E-state index contributed by atoms with van der Waals surface area (Å²) in [4.78, 5) is 27.3. The van der Waals surface area contributed by atoms with Gasteiger partial charge in [0.05, 0.1) is 12.1 Å². The van der Waals surface area contributed by atoms with Crippen molar-refractivity contribution in [1.82, 2.24) is 14.6 Å². The summed E-state index contributed by atoms with van der Waals surface area (Å²) in [5.41, 5.74) is 0.862. The van der Waals surface area contributed by atoms with Crippen molar-refractivity contribution in [2.75, 3.05) is 0 Å². The molecule has 1 aromatic carbocycles. The summed E-state index contributed by atoms with van der Waals surface area (Å²) < 4.78 is 16.0. The number of aliphatic hydroxyl groups excluding tert-OH is 1. The van der Waals surface area contributed by atoms with E-state index in [4.69, 9.17) is 5.11 Å². The quantitative estimate of drug-likeness (QED) is 0.675. The van der Waals surface area contributed by atoms with Gasteiger partial charge in [-0.25, -0.2) is 13.9 Å². The van der Waals surface area contributed by atoms with E-state index in [1.54, 1.807) is 6.07 Å². The summed E-state index contributed by atoms with van der Waals surface area (Å²) in [6, 6.07) is 6.12. The van der Waals surface area contributed by atoms with Crippen molar-refractivity contribution < 1.29 is 19.4 Å². The summed E-state index contributed by atoms with van der Waals surface area (Å²) >= 11 is 0. The minimum Gasteiger partial charge on any atom is -0.511 e. The third-order valence-electron chi connectivity index (χ3n) is 4.70. The zero-order chi connectivity index (χ0) is 19.1. The van der Waals surface area contributed by atoms with Gasteiger partial charge in [-0.05, 0) is 36.5 Å². The Morgan fingerprint density at radius 3 is 2.61 bits per heavy atom. The van der Waals surface area contributed by atoms with Crippen LogP contribution in [0.1, 0.15) is 37.2 Å². The van der Waals surface area contributed by atoms with Gasteiger partial charge < -0.3 is 10.2 Å². The maximum atomic E-state index is 14.7. The third kappa shape index (κ3) is 3.55. The van der Waals surface area contributed by atoms with E-state index in [1.807, 2.05) is 6.07 Å². The number of hydrogen-bond acceptors (Lipinski definition) is 5. The SMILES string of the molecule is Cl.O=C(O)CCC(O)=c1c(=O)cc(-c2ccc(C3CC3)cc2F)n2ncnc12. The molecular formula is C19H17ClFN3O4. The molecule has 1 fully saturated rings. The largest absolute Gasteiger partial charge is 0.511 e. The van der Waals surface area contributed by atoms with Crippen LogP contribution in [0.15, 0.2) is 35.4 Å². The number of carboxylic acids is 1. The van der Waals surface area contributed by atoms with Crippen LogP contribution in [0.25, 0.3) is 22.7 Å².